The van der Waals surface area contributed by atoms with Gasteiger partial charge in [-0.15, -0.1) is 0 Å². The SMILES string of the molecule is C=c1/c(=C/NCC(=O)OCC)c(=O)n(C)c(=O)n1C. The van der Waals surface area contributed by atoms with Gasteiger partial charge in [-0.2, -0.15) is 0 Å². The van der Waals surface area contributed by atoms with Crippen LogP contribution in [0.3, 0.4) is 0 Å². The summed E-state index contributed by atoms with van der Waals surface area (Å²) in [5.74, 6) is -0.425. The van der Waals surface area contributed by atoms with Crippen LogP contribution in [0, 0.1) is 0 Å². The van der Waals surface area contributed by atoms with Crippen LogP contribution in [0.15, 0.2) is 9.59 Å². The zero-order valence-electron chi connectivity index (χ0n) is 11.2. The van der Waals surface area contributed by atoms with Crippen LogP contribution in [0.5, 0.6) is 0 Å². The minimum Gasteiger partial charge on any atom is -0.465 e. The topological polar surface area (TPSA) is 82.3 Å². The summed E-state index contributed by atoms with van der Waals surface area (Å²) in [6.07, 6.45) is 1.36. The fourth-order valence-electron chi connectivity index (χ4n) is 1.51. The highest BCUT2D eigenvalue weighted by Gasteiger charge is 2.03. The lowest BCUT2D eigenvalue weighted by Gasteiger charge is -2.04. The van der Waals surface area contributed by atoms with Crippen molar-refractivity contribution in [3.8, 4) is 0 Å². The van der Waals surface area contributed by atoms with Crippen LogP contribution in [-0.2, 0) is 23.6 Å². The first-order valence-corrected chi connectivity index (χ1v) is 5.74. The van der Waals surface area contributed by atoms with Crippen molar-refractivity contribution >= 4 is 18.7 Å². The van der Waals surface area contributed by atoms with E-state index in [0.29, 0.717) is 6.61 Å². The van der Waals surface area contributed by atoms with Gasteiger partial charge < -0.3 is 10.1 Å². The van der Waals surface area contributed by atoms with Gasteiger partial charge in [0.1, 0.15) is 6.54 Å². The molecular weight excluding hydrogens is 250 g/mol. The highest BCUT2D eigenvalue weighted by Crippen LogP contribution is 1.74. The largest absolute Gasteiger partial charge is 0.465 e. The van der Waals surface area contributed by atoms with E-state index in [1.165, 1.54) is 24.9 Å². The van der Waals surface area contributed by atoms with Crippen LogP contribution in [0.25, 0.3) is 12.8 Å². The van der Waals surface area contributed by atoms with Crippen LogP contribution < -0.4 is 27.1 Å². The molecule has 0 fully saturated rings. The summed E-state index contributed by atoms with van der Waals surface area (Å²) in [6, 6.07) is 0. The van der Waals surface area contributed by atoms with Crippen molar-refractivity contribution in [2.45, 2.75) is 6.92 Å². The number of aromatic nitrogens is 2. The third kappa shape index (κ3) is 3.12. The molecule has 0 aliphatic carbocycles. The lowest BCUT2D eigenvalue weighted by atomic mass is 10.4. The molecule has 7 heteroatoms. The van der Waals surface area contributed by atoms with Crippen LogP contribution in [0.1, 0.15) is 6.92 Å². The van der Waals surface area contributed by atoms with Gasteiger partial charge in [0.05, 0.1) is 17.2 Å². The Labute approximate surface area is 109 Å². The molecule has 0 aliphatic heterocycles. The quantitative estimate of drug-likeness (QED) is 0.604. The van der Waals surface area contributed by atoms with E-state index >= 15 is 0 Å². The maximum Gasteiger partial charge on any atom is 0.330 e. The molecular formula is C12H17N3O4. The Balaban J connectivity index is 3.16. The highest BCUT2D eigenvalue weighted by molar-refractivity contribution is 5.72. The first kappa shape index (κ1) is 14.7. The number of hydrogen-bond acceptors (Lipinski definition) is 5. The standard InChI is InChI=1S/C12H17N3O4/c1-5-19-10(16)7-13-6-9-8(2)14(3)12(18)15(4)11(9)17/h6,13H,2,5,7H2,1,3-4H3/b9-6-. The predicted molar refractivity (Wildman–Crippen MR) is 70.8 cm³/mol. The fraction of sp³-hybridized carbons (Fsp3) is 0.417. The van der Waals surface area contributed by atoms with E-state index in [0.717, 1.165) is 4.57 Å². The summed E-state index contributed by atoms with van der Waals surface area (Å²) in [6.45, 7) is 5.62. The van der Waals surface area contributed by atoms with Crippen molar-refractivity contribution in [1.82, 2.24) is 14.5 Å². The van der Waals surface area contributed by atoms with Gasteiger partial charge in [0.25, 0.3) is 5.56 Å². The summed E-state index contributed by atoms with van der Waals surface area (Å²) in [4.78, 5) is 34.6. The molecule has 1 heterocycles. The lowest BCUT2D eigenvalue weighted by Crippen LogP contribution is -2.56. The molecule has 0 atom stereocenters. The molecule has 0 bridgehead atoms. The molecule has 0 aliphatic rings. The van der Waals surface area contributed by atoms with Gasteiger partial charge in [0.2, 0.25) is 0 Å². The second-order valence-electron chi connectivity index (χ2n) is 3.90. The van der Waals surface area contributed by atoms with Gasteiger partial charge >= 0.3 is 11.7 Å². The summed E-state index contributed by atoms with van der Waals surface area (Å²) in [5, 5.41) is 3.19. The average Bonchev–Trinajstić information content (AvgIpc) is 2.38. The summed E-state index contributed by atoms with van der Waals surface area (Å²) in [5.41, 5.74) is -0.915. The lowest BCUT2D eigenvalue weighted by molar-refractivity contribution is -0.141. The summed E-state index contributed by atoms with van der Waals surface area (Å²) < 4.78 is 6.97. The third-order valence-electron chi connectivity index (χ3n) is 2.62. The Bertz CT molecular complexity index is 656. The second-order valence-corrected chi connectivity index (χ2v) is 3.90. The minimum atomic E-state index is -0.468. The molecule has 1 aromatic heterocycles. The molecule has 0 saturated heterocycles. The molecule has 0 radical (unpaired) electrons. The van der Waals surface area contributed by atoms with E-state index in [1.807, 2.05) is 0 Å². The van der Waals surface area contributed by atoms with Gasteiger partial charge in [-0.25, -0.2) is 4.79 Å². The maximum absolute atomic E-state index is 11.9. The van der Waals surface area contributed by atoms with Gasteiger partial charge in [0.15, 0.2) is 0 Å². The van der Waals surface area contributed by atoms with Crippen LogP contribution >= 0.6 is 0 Å². The third-order valence-corrected chi connectivity index (χ3v) is 2.62. The Hall–Kier alpha value is -2.31. The number of hydrogen-bond donors (Lipinski definition) is 1. The summed E-state index contributed by atoms with van der Waals surface area (Å²) in [7, 11) is 2.90. The number of carbonyl (C=O) groups excluding carboxylic acids is 1. The van der Waals surface area contributed by atoms with E-state index in [-0.39, 0.29) is 17.1 Å². The average molecular weight is 267 g/mol. The van der Waals surface area contributed by atoms with E-state index in [4.69, 9.17) is 4.74 Å². The number of carbonyl (C=O) groups is 1. The van der Waals surface area contributed by atoms with Crippen molar-refractivity contribution in [3.05, 3.63) is 31.4 Å². The number of nitrogens with zero attached hydrogens (tertiary/aromatic N) is 2. The smallest absolute Gasteiger partial charge is 0.330 e. The molecule has 104 valence electrons. The van der Waals surface area contributed by atoms with Crippen LogP contribution in [0.4, 0.5) is 0 Å². The second kappa shape index (κ2) is 6.03. The fourth-order valence-corrected chi connectivity index (χ4v) is 1.51. The van der Waals surface area contributed by atoms with Gasteiger partial charge in [-0.3, -0.25) is 18.7 Å². The maximum atomic E-state index is 11.9. The first-order chi connectivity index (χ1) is 8.90. The molecule has 1 rings (SSSR count). The zero-order chi connectivity index (χ0) is 14.6. The molecule has 0 amide bonds. The van der Waals surface area contributed by atoms with E-state index in [9.17, 15) is 14.4 Å². The van der Waals surface area contributed by atoms with Crippen molar-refractivity contribution in [2.24, 2.45) is 14.1 Å². The van der Waals surface area contributed by atoms with Crippen molar-refractivity contribution < 1.29 is 9.53 Å². The molecule has 1 aromatic rings. The monoisotopic (exact) mass is 267 g/mol. The van der Waals surface area contributed by atoms with E-state index < -0.39 is 17.2 Å². The normalized spacial score (nSPS) is 11.4. The summed E-state index contributed by atoms with van der Waals surface area (Å²) >= 11 is 0. The van der Waals surface area contributed by atoms with Crippen molar-refractivity contribution in [1.29, 1.82) is 0 Å². The molecule has 0 unspecified atom stereocenters. The van der Waals surface area contributed by atoms with Crippen LogP contribution in [-0.4, -0.2) is 28.3 Å². The minimum absolute atomic E-state index is 0.0563. The molecule has 19 heavy (non-hydrogen) atoms. The molecule has 1 N–H and O–H groups in total. The Kier molecular flexibility index (Phi) is 4.68. The molecule has 0 saturated carbocycles. The Morgan fingerprint density at radius 1 is 1.37 bits per heavy atom. The Morgan fingerprint density at radius 3 is 2.58 bits per heavy atom. The molecule has 7 nitrogen and oxygen atoms in total. The van der Waals surface area contributed by atoms with Gasteiger partial charge in [0, 0.05) is 20.3 Å². The Morgan fingerprint density at radius 2 is 2.00 bits per heavy atom. The van der Waals surface area contributed by atoms with Crippen molar-refractivity contribution in [2.75, 3.05) is 13.2 Å². The molecule has 0 aromatic carbocycles. The molecule has 0 spiro atoms. The van der Waals surface area contributed by atoms with Gasteiger partial charge in [-0.05, 0) is 6.92 Å². The van der Waals surface area contributed by atoms with Crippen molar-refractivity contribution in [3.63, 3.8) is 0 Å². The first-order valence-electron chi connectivity index (χ1n) is 5.74. The van der Waals surface area contributed by atoms with E-state index in [2.05, 4.69) is 11.9 Å². The van der Waals surface area contributed by atoms with Crippen LogP contribution in [0.2, 0.25) is 0 Å². The number of rotatable bonds is 4. The van der Waals surface area contributed by atoms with E-state index in [1.54, 1.807) is 6.92 Å². The number of esters is 1. The zero-order valence-corrected chi connectivity index (χ0v) is 11.2. The highest BCUT2D eigenvalue weighted by atomic mass is 16.5. The van der Waals surface area contributed by atoms with Gasteiger partial charge in [-0.1, -0.05) is 6.58 Å². The number of nitrogens with one attached hydrogen (secondary N) is 1. The number of ether oxygens (including phenoxy) is 1. The predicted octanol–water partition coefficient (Wildman–Crippen LogP) is -2.61.